The Morgan fingerprint density at radius 1 is 0.700 bits per heavy atom. The molecule has 0 aliphatic heterocycles. The zero-order valence-corrected chi connectivity index (χ0v) is 16.5. The van der Waals surface area contributed by atoms with Gasteiger partial charge in [0.25, 0.3) is 0 Å². The Morgan fingerprint density at radius 3 is 2.47 bits per heavy atom. The molecule has 3 aliphatic carbocycles. The zero-order chi connectivity index (χ0) is 19.7. The third-order valence-electron chi connectivity index (χ3n) is 7.00. The summed E-state index contributed by atoms with van der Waals surface area (Å²) in [7, 11) is 0. The SMILES string of the molecule is C1=CC2=CC=CC3c4c(cc5ccc6ccccc6c5c4-c4ccccc4)C(=C1)C23. The molecule has 0 fully saturated rings. The lowest BCUT2D eigenvalue weighted by Crippen LogP contribution is -2.12. The lowest BCUT2D eigenvalue weighted by Gasteiger charge is -2.26. The molecule has 0 N–H and O–H groups in total. The third kappa shape index (κ3) is 2.06. The van der Waals surface area contributed by atoms with Crippen LogP contribution in [0.2, 0.25) is 0 Å². The topological polar surface area (TPSA) is 0 Å². The van der Waals surface area contributed by atoms with E-state index in [1.807, 2.05) is 0 Å². The molecule has 2 atom stereocenters. The van der Waals surface area contributed by atoms with E-state index in [1.54, 1.807) is 0 Å². The summed E-state index contributed by atoms with van der Waals surface area (Å²) >= 11 is 0. The maximum atomic E-state index is 2.44. The zero-order valence-electron chi connectivity index (χ0n) is 16.5. The van der Waals surface area contributed by atoms with Gasteiger partial charge >= 0.3 is 0 Å². The van der Waals surface area contributed by atoms with Crippen LogP contribution >= 0.6 is 0 Å². The highest BCUT2D eigenvalue weighted by Crippen LogP contribution is 2.57. The normalized spacial score (nSPS) is 20.8. The number of hydrogen-bond donors (Lipinski definition) is 0. The second-order valence-corrected chi connectivity index (χ2v) is 8.50. The van der Waals surface area contributed by atoms with Gasteiger partial charge in [-0.25, -0.2) is 0 Å². The van der Waals surface area contributed by atoms with E-state index < -0.39 is 0 Å². The fourth-order valence-electron chi connectivity index (χ4n) is 5.81. The Labute approximate surface area is 176 Å². The largest absolute Gasteiger partial charge is 0.0760 e. The van der Waals surface area contributed by atoms with Crippen molar-refractivity contribution >= 4 is 27.1 Å². The van der Waals surface area contributed by atoms with Crippen molar-refractivity contribution < 1.29 is 0 Å². The molecule has 0 amide bonds. The van der Waals surface area contributed by atoms with Crippen molar-refractivity contribution in [2.24, 2.45) is 5.92 Å². The molecule has 0 heteroatoms. The first-order chi connectivity index (χ1) is 14.9. The van der Waals surface area contributed by atoms with Gasteiger partial charge < -0.3 is 0 Å². The first-order valence-electron chi connectivity index (χ1n) is 10.7. The molecular weight excluding hydrogens is 360 g/mol. The third-order valence-corrected chi connectivity index (χ3v) is 7.00. The van der Waals surface area contributed by atoms with Crippen LogP contribution in [0.4, 0.5) is 0 Å². The standard InChI is InChI=1S/C30H20/c1-2-9-21(10-3-1)29-28-22(17-16-19-8-4-5-13-23(19)28)18-26-24-14-6-11-20-12-7-15-25(27(20)24)30(26)29/h1-18,25,27H. The molecule has 0 saturated heterocycles. The van der Waals surface area contributed by atoms with Crippen LogP contribution in [0.25, 0.3) is 38.2 Å². The predicted octanol–water partition coefficient (Wildman–Crippen LogP) is 7.82. The van der Waals surface area contributed by atoms with E-state index in [4.69, 9.17) is 0 Å². The Morgan fingerprint density at radius 2 is 1.53 bits per heavy atom. The van der Waals surface area contributed by atoms with Gasteiger partial charge in [0.15, 0.2) is 0 Å². The van der Waals surface area contributed by atoms with Gasteiger partial charge in [0, 0.05) is 11.8 Å². The average Bonchev–Trinajstić information content (AvgIpc) is 3.13. The lowest BCUT2D eigenvalue weighted by molar-refractivity contribution is 0.723. The van der Waals surface area contributed by atoms with E-state index in [0.717, 1.165) is 0 Å². The lowest BCUT2D eigenvalue weighted by atomic mass is 9.77. The summed E-state index contributed by atoms with van der Waals surface area (Å²) < 4.78 is 0. The van der Waals surface area contributed by atoms with Crippen LogP contribution in [0.5, 0.6) is 0 Å². The van der Waals surface area contributed by atoms with Gasteiger partial charge in [0.05, 0.1) is 0 Å². The summed E-state index contributed by atoms with van der Waals surface area (Å²) in [5, 5.41) is 5.36. The smallest absolute Gasteiger partial charge is 0.0199 e. The molecule has 4 aromatic rings. The quantitative estimate of drug-likeness (QED) is 0.295. The molecule has 0 bridgehead atoms. The molecule has 30 heavy (non-hydrogen) atoms. The van der Waals surface area contributed by atoms with Crippen LogP contribution < -0.4 is 0 Å². The van der Waals surface area contributed by atoms with Gasteiger partial charge in [-0.05, 0) is 61.0 Å². The van der Waals surface area contributed by atoms with Gasteiger partial charge in [0.2, 0.25) is 0 Å². The van der Waals surface area contributed by atoms with Gasteiger partial charge in [-0.1, -0.05) is 103 Å². The van der Waals surface area contributed by atoms with Crippen molar-refractivity contribution in [3.05, 3.63) is 126 Å². The van der Waals surface area contributed by atoms with Gasteiger partial charge in [-0.2, -0.15) is 0 Å². The van der Waals surface area contributed by atoms with E-state index in [-0.39, 0.29) is 0 Å². The van der Waals surface area contributed by atoms with Gasteiger partial charge in [0.1, 0.15) is 0 Å². The van der Waals surface area contributed by atoms with Crippen molar-refractivity contribution in [1.82, 2.24) is 0 Å². The van der Waals surface area contributed by atoms with Crippen LogP contribution in [-0.2, 0) is 0 Å². The molecule has 2 unspecified atom stereocenters. The summed E-state index contributed by atoms with van der Waals surface area (Å²) in [6.45, 7) is 0. The molecule has 0 saturated carbocycles. The Bertz CT molecular complexity index is 1480. The maximum absolute atomic E-state index is 2.44. The molecule has 4 aromatic carbocycles. The summed E-state index contributed by atoms with van der Waals surface area (Å²) in [6.07, 6.45) is 13.8. The summed E-state index contributed by atoms with van der Waals surface area (Å²) in [6, 6.07) is 26.8. The molecule has 7 rings (SSSR count). The average molecular weight is 380 g/mol. The Hall–Kier alpha value is -3.64. The fraction of sp³-hybridized carbons (Fsp3) is 0.0667. The van der Waals surface area contributed by atoms with E-state index in [9.17, 15) is 0 Å². The first kappa shape index (κ1) is 16.2. The van der Waals surface area contributed by atoms with E-state index >= 15 is 0 Å². The highest BCUT2D eigenvalue weighted by Gasteiger charge is 2.40. The fourth-order valence-corrected chi connectivity index (χ4v) is 5.81. The maximum Gasteiger partial charge on any atom is 0.0199 e. The van der Waals surface area contributed by atoms with E-state index in [0.29, 0.717) is 11.8 Å². The van der Waals surface area contributed by atoms with Crippen molar-refractivity contribution in [1.29, 1.82) is 0 Å². The van der Waals surface area contributed by atoms with Crippen molar-refractivity contribution in [2.75, 3.05) is 0 Å². The minimum Gasteiger partial charge on any atom is -0.0760 e. The highest BCUT2D eigenvalue weighted by molar-refractivity contribution is 6.17. The number of allylic oxidation sites excluding steroid dienone is 8. The van der Waals surface area contributed by atoms with Crippen molar-refractivity contribution in [3.63, 3.8) is 0 Å². The Balaban J connectivity index is 1.70. The molecule has 0 heterocycles. The van der Waals surface area contributed by atoms with E-state index in [2.05, 4.69) is 109 Å². The molecule has 3 aliphatic rings. The summed E-state index contributed by atoms with van der Waals surface area (Å²) in [4.78, 5) is 0. The van der Waals surface area contributed by atoms with Crippen molar-refractivity contribution in [3.8, 4) is 11.1 Å². The Kier molecular flexibility index (Phi) is 3.20. The van der Waals surface area contributed by atoms with Gasteiger partial charge in [-0.15, -0.1) is 0 Å². The van der Waals surface area contributed by atoms with Crippen LogP contribution in [-0.4, -0.2) is 0 Å². The minimum absolute atomic E-state index is 0.398. The molecule has 0 aromatic heterocycles. The van der Waals surface area contributed by atoms with Crippen LogP contribution in [0.1, 0.15) is 17.0 Å². The minimum atomic E-state index is 0.398. The van der Waals surface area contributed by atoms with Crippen LogP contribution in [0, 0.1) is 5.92 Å². The number of rotatable bonds is 1. The second-order valence-electron chi connectivity index (χ2n) is 8.50. The molecule has 0 radical (unpaired) electrons. The van der Waals surface area contributed by atoms with Crippen LogP contribution in [0.15, 0.2) is 115 Å². The first-order valence-corrected chi connectivity index (χ1v) is 10.7. The monoisotopic (exact) mass is 380 g/mol. The number of hydrogen-bond acceptors (Lipinski definition) is 0. The molecular formula is C30H20. The number of benzene rings is 4. The summed E-state index contributed by atoms with van der Waals surface area (Å²) in [5.41, 5.74) is 8.54. The summed E-state index contributed by atoms with van der Waals surface area (Å²) in [5.74, 6) is 0.843. The van der Waals surface area contributed by atoms with Crippen LogP contribution in [0.3, 0.4) is 0 Å². The molecule has 0 spiro atoms. The second kappa shape index (κ2) is 5.93. The van der Waals surface area contributed by atoms with Gasteiger partial charge in [-0.3, -0.25) is 0 Å². The van der Waals surface area contributed by atoms with Crippen molar-refractivity contribution in [2.45, 2.75) is 5.92 Å². The molecule has 0 nitrogen and oxygen atoms in total. The highest BCUT2D eigenvalue weighted by atomic mass is 14.4. The van der Waals surface area contributed by atoms with E-state index in [1.165, 1.54) is 54.9 Å². The predicted molar refractivity (Wildman–Crippen MR) is 127 cm³/mol. The molecule has 140 valence electrons. The number of fused-ring (bicyclic) bond motifs is 6.